The van der Waals surface area contributed by atoms with Gasteiger partial charge in [0.25, 0.3) is 0 Å². The summed E-state index contributed by atoms with van der Waals surface area (Å²) in [6, 6.07) is 2.15. The van der Waals surface area contributed by atoms with Gasteiger partial charge in [-0.1, -0.05) is 0 Å². The SMILES string of the molecule is Brc1cc2c(o1)CCNC21CCNCC1. The van der Waals surface area contributed by atoms with Gasteiger partial charge in [0.05, 0.1) is 0 Å². The number of fused-ring (bicyclic) bond motifs is 2. The third kappa shape index (κ3) is 1.55. The molecular formula is C11H15BrN2O. The first-order valence-corrected chi connectivity index (χ1v) is 6.34. The van der Waals surface area contributed by atoms with Crippen molar-refractivity contribution in [2.45, 2.75) is 24.8 Å². The molecule has 1 spiro atoms. The quantitative estimate of drug-likeness (QED) is 0.755. The average molecular weight is 271 g/mol. The number of nitrogens with one attached hydrogen (secondary N) is 2. The standard InChI is InChI=1S/C11H15BrN2O/c12-10-7-8-9(15-10)1-4-14-11(8)2-5-13-6-3-11/h7,13-14H,1-6H2. The van der Waals surface area contributed by atoms with E-state index < -0.39 is 0 Å². The van der Waals surface area contributed by atoms with Crippen LogP contribution < -0.4 is 10.6 Å². The second kappa shape index (κ2) is 3.61. The van der Waals surface area contributed by atoms with Gasteiger partial charge in [-0.3, -0.25) is 0 Å². The van der Waals surface area contributed by atoms with E-state index in [2.05, 4.69) is 32.6 Å². The molecule has 1 aromatic rings. The second-order valence-electron chi connectivity index (χ2n) is 4.40. The van der Waals surface area contributed by atoms with E-state index in [4.69, 9.17) is 4.42 Å². The Bertz CT molecular complexity index is 369. The summed E-state index contributed by atoms with van der Waals surface area (Å²) < 4.78 is 6.56. The Morgan fingerprint density at radius 2 is 2.07 bits per heavy atom. The molecule has 2 N–H and O–H groups in total. The van der Waals surface area contributed by atoms with Crippen molar-refractivity contribution in [3.8, 4) is 0 Å². The summed E-state index contributed by atoms with van der Waals surface area (Å²) in [7, 11) is 0. The van der Waals surface area contributed by atoms with Gasteiger partial charge >= 0.3 is 0 Å². The van der Waals surface area contributed by atoms with E-state index in [1.54, 1.807) is 0 Å². The molecule has 0 amide bonds. The minimum atomic E-state index is 0.175. The van der Waals surface area contributed by atoms with E-state index >= 15 is 0 Å². The molecule has 0 unspecified atom stereocenters. The minimum Gasteiger partial charge on any atom is -0.454 e. The molecule has 2 aliphatic heterocycles. The highest BCUT2D eigenvalue weighted by Crippen LogP contribution is 2.38. The minimum absolute atomic E-state index is 0.175. The molecule has 3 nitrogen and oxygen atoms in total. The van der Waals surface area contributed by atoms with E-state index in [9.17, 15) is 0 Å². The summed E-state index contributed by atoms with van der Waals surface area (Å²) >= 11 is 3.43. The van der Waals surface area contributed by atoms with Gasteiger partial charge in [-0.25, -0.2) is 0 Å². The van der Waals surface area contributed by atoms with Crippen LogP contribution in [0.1, 0.15) is 24.2 Å². The van der Waals surface area contributed by atoms with Crippen molar-refractivity contribution in [3.05, 3.63) is 22.1 Å². The Hall–Kier alpha value is -0.320. The topological polar surface area (TPSA) is 37.2 Å². The summed E-state index contributed by atoms with van der Waals surface area (Å²) in [4.78, 5) is 0. The first-order valence-electron chi connectivity index (χ1n) is 5.55. The van der Waals surface area contributed by atoms with E-state index in [1.165, 1.54) is 11.3 Å². The van der Waals surface area contributed by atoms with Crippen molar-refractivity contribution in [2.75, 3.05) is 19.6 Å². The van der Waals surface area contributed by atoms with Crippen molar-refractivity contribution < 1.29 is 4.42 Å². The largest absolute Gasteiger partial charge is 0.454 e. The Balaban J connectivity index is 2.03. The molecule has 0 aliphatic carbocycles. The van der Waals surface area contributed by atoms with Crippen LogP contribution in [0.3, 0.4) is 0 Å². The van der Waals surface area contributed by atoms with E-state index in [1.807, 2.05) is 0 Å². The Morgan fingerprint density at radius 1 is 1.27 bits per heavy atom. The van der Waals surface area contributed by atoms with Gasteiger partial charge in [0.2, 0.25) is 0 Å². The van der Waals surface area contributed by atoms with E-state index in [-0.39, 0.29) is 5.54 Å². The lowest BCUT2D eigenvalue weighted by molar-refractivity contribution is 0.226. The van der Waals surface area contributed by atoms with Gasteiger partial charge in [-0.2, -0.15) is 0 Å². The summed E-state index contributed by atoms with van der Waals surface area (Å²) in [5.41, 5.74) is 1.55. The maximum Gasteiger partial charge on any atom is 0.169 e. The molecule has 4 heteroatoms. The highest BCUT2D eigenvalue weighted by atomic mass is 79.9. The summed E-state index contributed by atoms with van der Waals surface area (Å²) in [6.07, 6.45) is 3.33. The van der Waals surface area contributed by atoms with Crippen LogP contribution in [0.4, 0.5) is 0 Å². The van der Waals surface area contributed by atoms with Crippen molar-refractivity contribution in [1.82, 2.24) is 10.6 Å². The lowest BCUT2D eigenvalue weighted by atomic mass is 9.79. The van der Waals surface area contributed by atoms with E-state index in [0.29, 0.717) is 0 Å². The van der Waals surface area contributed by atoms with Crippen molar-refractivity contribution in [3.63, 3.8) is 0 Å². The fourth-order valence-corrected chi connectivity index (χ4v) is 3.22. The van der Waals surface area contributed by atoms with Crippen LogP contribution >= 0.6 is 15.9 Å². The van der Waals surface area contributed by atoms with Gasteiger partial charge < -0.3 is 15.1 Å². The second-order valence-corrected chi connectivity index (χ2v) is 5.18. The van der Waals surface area contributed by atoms with E-state index in [0.717, 1.165) is 43.6 Å². The van der Waals surface area contributed by atoms with Crippen LogP contribution in [-0.2, 0) is 12.0 Å². The molecule has 0 radical (unpaired) electrons. The fraction of sp³-hybridized carbons (Fsp3) is 0.636. The molecule has 0 atom stereocenters. The van der Waals surface area contributed by atoms with Crippen LogP contribution in [0, 0.1) is 0 Å². The number of furan rings is 1. The molecule has 0 aromatic carbocycles. The molecule has 15 heavy (non-hydrogen) atoms. The third-order valence-electron chi connectivity index (χ3n) is 3.57. The normalized spacial score (nSPS) is 24.1. The number of hydrogen-bond donors (Lipinski definition) is 2. The molecule has 1 aromatic heterocycles. The lowest BCUT2D eigenvalue weighted by Crippen LogP contribution is -2.52. The maximum atomic E-state index is 5.69. The molecule has 3 rings (SSSR count). The fourth-order valence-electron chi connectivity index (χ4n) is 2.80. The number of halogens is 1. The highest BCUT2D eigenvalue weighted by molar-refractivity contribution is 9.10. The molecule has 3 heterocycles. The van der Waals surface area contributed by atoms with Crippen LogP contribution in [0.15, 0.2) is 15.2 Å². The summed E-state index contributed by atoms with van der Waals surface area (Å²) in [6.45, 7) is 3.22. The first kappa shape index (κ1) is 9.87. The highest BCUT2D eigenvalue weighted by Gasteiger charge is 2.39. The van der Waals surface area contributed by atoms with Gasteiger partial charge in [0.1, 0.15) is 5.76 Å². The van der Waals surface area contributed by atoms with Crippen LogP contribution in [0.2, 0.25) is 0 Å². The molecule has 0 saturated carbocycles. The molecule has 2 aliphatic rings. The molecule has 82 valence electrons. The molecule has 0 bridgehead atoms. The molecule has 1 fully saturated rings. The lowest BCUT2D eigenvalue weighted by Gasteiger charge is -2.41. The van der Waals surface area contributed by atoms with Gasteiger partial charge in [0, 0.05) is 24.1 Å². The Labute approximate surface area is 97.7 Å². The number of rotatable bonds is 0. The predicted molar refractivity (Wildman–Crippen MR) is 61.9 cm³/mol. The van der Waals surface area contributed by atoms with Crippen LogP contribution in [0.25, 0.3) is 0 Å². The summed E-state index contributed by atoms with van der Waals surface area (Å²) in [5, 5.41) is 7.09. The molecule has 1 saturated heterocycles. The monoisotopic (exact) mass is 270 g/mol. The van der Waals surface area contributed by atoms with Crippen LogP contribution in [-0.4, -0.2) is 19.6 Å². The zero-order valence-corrected chi connectivity index (χ0v) is 10.2. The Morgan fingerprint density at radius 3 is 2.87 bits per heavy atom. The third-order valence-corrected chi connectivity index (χ3v) is 3.96. The Kier molecular flexibility index (Phi) is 2.38. The van der Waals surface area contributed by atoms with Gasteiger partial charge in [-0.05, 0) is 47.9 Å². The smallest absolute Gasteiger partial charge is 0.169 e. The van der Waals surface area contributed by atoms with Gasteiger partial charge in [0.15, 0.2) is 4.67 Å². The maximum absolute atomic E-state index is 5.69. The number of hydrogen-bond acceptors (Lipinski definition) is 3. The van der Waals surface area contributed by atoms with Crippen molar-refractivity contribution in [2.24, 2.45) is 0 Å². The predicted octanol–water partition coefficient (Wildman–Crippen LogP) is 1.77. The first-order chi connectivity index (χ1) is 7.30. The zero-order chi connectivity index (χ0) is 10.3. The zero-order valence-electron chi connectivity index (χ0n) is 8.61. The van der Waals surface area contributed by atoms with Crippen molar-refractivity contribution >= 4 is 15.9 Å². The van der Waals surface area contributed by atoms with Gasteiger partial charge in [-0.15, -0.1) is 0 Å². The number of piperidine rings is 1. The average Bonchev–Trinajstić information content (AvgIpc) is 2.62. The van der Waals surface area contributed by atoms with Crippen LogP contribution in [0.5, 0.6) is 0 Å². The van der Waals surface area contributed by atoms with Crippen molar-refractivity contribution in [1.29, 1.82) is 0 Å². The summed E-state index contributed by atoms with van der Waals surface area (Å²) in [5.74, 6) is 1.17. The molecular weight excluding hydrogens is 256 g/mol.